The third-order valence-electron chi connectivity index (χ3n) is 4.15. The normalized spacial score (nSPS) is 16.7. The SMILES string of the molecule is Cc1ccn2nc(S(=O)(=O)Nc3c(F)cccc3C3(C)OCCO3)nc2n1. The van der Waals surface area contributed by atoms with Crippen LogP contribution in [0.25, 0.3) is 5.78 Å². The van der Waals surface area contributed by atoms with Gasteiger partial charge in [-0.25, -0.2) is 13.9 Å². The van der Waals surface area contributed by atoms with Gasteiger partial charge in [-0.05, 0) is 26.0 Å². The maximum Gasteiger partial charge on any atom is 0.299 e. The Balaban J connectivity index is 1.76. The Bertz CT molecular complexity index is 1130. The molecule has 9 nitrogen and oxygen atoms in total. The molecule has 0 amide bonds. The second kappa shape index (κ2) is 6.22. The minimum Gasteiger partial charge on any atom is -0.344 e. The largest absolute Gasteiger partial charge is 0.344 e. The molecule has 142 valence electrons. The van der Waals surface area contributed by atoms with Crippen LogP contribution in [0.5, 0.6) is 0 Å². The predicted octanol–water partition coefficient (Wildman–Crippen LogP) is 1.59. The van der Waals surface area contributed by atoms with Gasteiger partial charge >= 0.3 is 0 Å². The minimum absolute atomic E-state index is 0.124. The highest BCUT2D eigenvalue weighted by atomic mass is 32.2. The maximum atomic E-state index is 14.5. The van der Waals surface area contributed by atoms with E-state index in [1.165, 1.54) is 16.6 Å². The van der Waals surface area contributed by atoms with Crippen LogP contribution in [0.1, 0.15) is 18.2 Å². The first-order valence-electron chi connectivity index (χ1n) is 8.08. The molecule has 0 radical (unpaired) electrons. The summed E-state index contributed by atoms with van der Waals surface area (Å²) in [6, 6.07) is 5.79. The van der Waals surface area contributed by atoms with Crippen LogP contribution in [0.3, 0.4) is 0 Å². The Morgan fingerprint density at radius 3 is 2.70 bits per heavy atom. The van der Waals surface area contributed by atoms with Crippen LogP contribution in [-0.2, 0) is 25.3 Å². The van der Waals surface area contributed by atoms with Crippen molar-refractivity contribution in [1.29, 1.82) is 0 Å². The van der Waals surface area contributed by atoms with Gasteiger partial charge < -0.3 is 9.47 Å². The zero-order chi connectivity index (χ0) is 19.2. The first-order chi connectivity index (χ1) is 12.8. The quantitative estimate of drug-likeness (QED) is 0.717. The number of hydrogen-bond donors (Lipinski definition) is 1. The molecular weight excluding hydrogens is 377 g/mol. The van der Waals surface area contributed by atoms with E-state index in [1.54, 1.807) is 26.1 Å². The van der Waals surface area contributed by atoms with Gasteiger partial charge in [0.1, 0.15) is 5.82 Å². The highest BCUT2D eigenvalue weighted by Crippen LogP contribution is 2.37. The lowest BCUT2D eigenvalue weighted by molar-refractivity contribution is -0.149. The average molecular weight is 393 g/mol. The number of hydrogen-bond acceptors (Lipinski definition) is 7. The van der Waals surface area contributed by atoms with E-state index in [1.807, 2.05) is 0 Å². The number of fused-ring (bicyclic) bond motifs is 1. The van der Waals surface area contributed by atoms with Crippen LogP contribution < -0.4 is 4.72 Å². The summed E-state index contributed by atoms with van der Waals surface area (Å²) >= 11 is 0. The Kier molecular flexibility index (Phi) is 4.09. The van der Waals surface area contributed by atoms with E-state index in [-0.39, 0.29) is 17.0 Å². The smallest absolute Gasteiger partial charge is 0.299 e. The fourth-order valence-corrected chi connectivity index (χ4v) is 3.78. The van der Waals surface area contributed by atoms with Gasteiger partial charge in [-0.15, -0.1) is 5.10 Å². The Morgan fingerprint density at radius 2 is 1.96 bits per heavy atom. The van der Waals surface area contributed by atoms with Gasteiger partial charge in [-0.3, -0.25) is 4.72 Å². The molecule has 1 saturated heterocycles. The molecule has 0 bridgehead atoms. The summed E-state index contributed by atoms with van der Waals surface area (Å²) in [5.74, 6) is -1.90. The van der Waals surface area contributed by atoms with E-state index in [9.17, 15) is 12.8 Å². The van der Waals surface area contributed by atoms with E-state index in [4.69, 9.17) is 9.47 Å². The molecule has 3 heterocycles. The van der Waals surface area contributed by atoms with E-state index in [0.717, 1.165) is 6.07 Å². The third kappa shape index (κ3) is 3.13. The molecule has 2 aromatic heterocycles. The molecular formula is C16H16FN5O4S. The van der Waals surface area contributed by atoms with E-state index < -0.39 is 26.8 Å². The van der Waals surface area contributed by atoms with Crippen molar-refractivity contribution in [3.8, 4) is 0 Å². The number of aryl methyl sites for hydroxylation is 1. The molecule has 0 aliphatic carbocycles. The fraction of sp³-hybridized carbons (Fsp3) is 0.312. The van der Waals surface area contributed by atoms with Gasteiger partial charge in [0, 0.05) is 17.5 Å². The van der Waals surface area contributed by atoms with Crippen LogP contribution in [0.15, 0.2) is 35.6 Å². The van der Waals surface area contributed by atoms with Crippen LogP contribution >= 0.6 is 0 Å². The maximum absolute atomic E-state index is 14.5. The zero-order valence-electron chi connectivity index (χ0n) is 14.5. The number of para-hydroxylation sites is 1. The van der Waals surface area contributed by atoms with Gasteiger partial charge in [-0.2, -0.15) is 13.4 Å². The lowest BCUT2D eigenvalue weighted by Crippen LogP contribution is -2.26. The zero-order valence-corrected chi connectivity index (χ0v) is 15.3. The standard InChI is InChI=1S/C16H16FN5O4S/c1-10-6-7-22-14(18-10)19-15(20-22)27(23,24)21-13-11(4-3-5-12(13)17)16(2)25-8-9-26-16/h3-7,21H,8-9H2,1-2H3. The Morgan fingerprint density at radius 1 is 1.22 bits per heavy atom. The van der Waals surface area contributed by atoms with Crippen molar-refractivity contribution in [3.05, 3.63) is 47.5 Å². The van der Waals surface area contributed by atoms with Crippen molar-refractivity contribution >= 4 is 21.5 Å². The molecule has 1 N–H and O–H groups in total. The van der Waals surface area contributed by atoms with Crippen molar-refractivity contribution in [1.82, 2.24) is 19.6 Å². The fourth-order valence-electron chi connectivity index (χ4n) is 2.82. The second-order valence-corrected chi connectivity index (χ2v) is 7.69. The second-order valence-electron chi connectivity index (χ2n) is 6.12. The number of benzene rings is 1. The molecule has 3 aromatic rings. The first kappa shape index (κ1) is 17.8. The topological polar surface area (TPSA) is 108 Å². The molecule has 27 heavy (non-hydrogen) atoms. The van der Waals surface area contributed by atoms with Gasteiger partial charge in [0.2, 0.25) is 0 Å². The summed E-state index contributed by atoms with van der Waals surface area (Å²) in [5.41, 5.74) is 0.609. The number of aromatic nitrogens is 4. The number of rotatable bonds is 4. The molecule has 0 atom stereocenters. The molecule has 0 saturated carbocycles. The summed E-state index contributed by atoms with van der Waals surface area (Å²) in [6.45, 7) is 3.98. The molecule has 1 aliphatic rings. The van der Waals surface area contributed by atoms with Gasteiger partial charge in [0.05, 0.1) is 18.9 Å². The molecule has 0 spiro atoms. The number of anilines is 1. The van der Waals surface area contributed by atoms with Crippen molar-refractivity contribution in [2.45, 2.75) is 24.8 Å². The summed E-state index contributed by atoms with van der Waals surface area (Å²) in [6.07, 6.45) is 1.54. The number of nitrogens with one attached hydrogen (secondary N) is 1. The molecule has 1 aromatic carbocycles. The summed E-state index contributed by atoms with van der Waals surface area (Å²) < 4.78 is 54.5. The lowest BCUT2D eigenvalue weighted by Gasteiger charge is -2.25. The van der Waals surface area contributed by atoms with Crippen molar-refractivity contribution < 1.29 is 22.3 Å². The highest BCUT2D eigenvalue weighted by Gasteiger charge is 2.37. The number of ether oxygens (including phenoxy) is 2. The van der Waals surface area contributed by atoms with Crippen LogP contribution in [-0.4, -0.2) is 41.2 Å². The number of halogens is 1. The van der Waals surface area contributed by atoms with Crippen molar-refractivity contribution in [2.75, 3.05) is 17.9 Å². The van der Waals surface area contributed by atoms with Crippen molar-refractivity contribution in [3.63, 3.8) is 0 Å². The number of sulfonamides is 1. The van der Waals surface area contributed by atoms with Gasteiger partial charge in [-0.1, -0.05) is 12.1 Å². The van der Waals surface area contributed by atoms with E-state index in [2.05, 4.69) is 19.8 Å². The van der Waals surface area contributed by atoms with Crippen LogP contribution in [0.2, 0.25) is 0 Å². The average Bonchev–Trinajstić information content (AvgIpc) is 3.23. The number of nitrogens with zero attached hydrogens (tertiary/aromatic N) is 4. The minimum atomic E-state index is -4.27. The first-order valence-corrected chi connectivity index (χ1v) is 9.57. The summed E-state index contributed by atoms with van der Waals surface area (Å²) in [5, 5.41) is 3.38. The van der Waals surface area contributed by atoms with Crippen LogP contribution in [0.4, 0.5) is 10.1 Å². The molecule has 1 aliphatic heterocycles. The molecule has 0 unspecified atom stereocenters. The summed E-state index contributed by atoms with van der Waals surface area (Å²) in [7, 11) is -4.27. The van der Waals surface area contributed by atoms with Crippen LogP contribution in [0, 0.1) is 12.7 Å². The monoisotopic (exact) mass is 393 g/mol. The summed E-state index contributed by atoms with van der Waals surface area (Å²) in [4.78, 5) is 8.03. The Hall–Kier alpha value is -2.63. The Labute approximate surface area is 154 Å². The highest BCUT2D eigenvalue weighted by molar-refractivity contribution is 7.92. The van der Waals surface area contributed by atoms with Crippen molar-refractivity contribution in [2.24, 2.45) is 0 Å². The predicted molar refractivity (Wildman–Crippen MR) is 92.0 cm³/mol. The molecule has 4 rings (SSSR count). The van der Waals surface area contributed by atoms with Gasteiger partial charge in [0.25, 0.3) is 21.0 Å². The molecule has 1 fully saturated rings. The molecule has 11 heteroatoms. The third-order valence-corrected chi connectivity index (χ3v) is 5.27. The van der Waals surface area contributed by atoms with E-state index in [0.29, 0.717) is 18.9 Å². The van der Waals surface area contributed by atoms with Gasteiger partial charge in [0.15, 0.2) is 5.79 Å². The lowest BCUT2D eigenvalue weighted by atomic mass is 10.1. The van der Waals surface area contributed by atoms with E-state index >= 15 is 0 Å².